The number of carbonyl (C=O) groups is 2. The normalized spacial score (nSPS) is 15.8. The van der Waals surface area contributed by atoms with Crippen LogP contribution in [0.3, 0.4) is 0 Å². The number of amides is 2. The molecule has 1 aliphatic heterocycles. The first kappa shape index (κ1) is 20.6. The van der Waals surface area contributed by atoms with E-state index in [0.29, 0.717) is 25.3 Å². The predicted molar refractivity (Wildman–Crippen MR) is 121 cm³/mol. The van der Waals surface area contributed by atoms with Gasteiger partial charge in [-0.05, 0) is 55.0 Å². The Morgan fingerprint density at radius 2 is 1.91 bits per heavy atom. The SMILES string of the molecule is O=C(COc1ccc2oc3c(c2c1)CCCC3)NCc1cccc(CN2CCCC2=O)c1. The number of benzene rings is 2. The van der Waals surface area contributed by atoms with Crippen molar-refractivity contribution in [2.75, 3.05) is 13.2 Å². The van der Waals surface area contributed by atoms with Crippen molar-refractivity contribution in [2.45, 2.75) is 51.6 Å². The van der Waals surface area contributed by atoms with Crippen molar-refractivity contribution < 1.29 is 18.7 Å². The van der Waals surface area contributed by atoms with E-state index in [0.717, 1.165) is 53.7 Å². The number of furan rings is 1. The zero-order valence-corrected chi connectivity index (χ0v) is 18.2. The molecule has 0 saturated carbocycles. The van der Waals surface area contributed by atoms with Crippen LogP contribution in [-0.4, -0.2) is 29.9 Å². The molecule has 1 fully saturated rings. The number of ether oxygens (including phenoxy) is 1. The van der Waals surface area contributed by atoms with Crippen molar-refractivity contribution in [3.8, 4) is 5.75 Å². The van der Waals surface area contributed by atoms with E-state index in [1.165, 1.54) is 18.4 Å². The second kappa shape index (κ2) is 9.07. The second-order valence-electron chi connectivity index (χ2n) is 8.67. The van der Waals surface area contributed by atoms with E-state index in [2.05, 4.69) is 5.32 Å². The molecule has 0 spiro atoms. The van der Waals surface area contributed by atoms with Gasteiger partial charge in [0.1, 0.15) is 17.1 Å². The maximum atomic E-state index is 12.3. The number of nitrogens with one attached hydrogen (secondary N) is 1. The molecule has 1 aliphatic carbocycles. The van der Waals surface area contributed by atoms with Gasteiger partial charge in [-0.25, -0.2) is 0 Å². The number of fused-ring (bicyclic) bond motifs is 3. The summed E-state index contributed by atoms with van der Waals surface area (Å²) < 4.78 is 11.7. The fourth-order valence-electron chi connectivity index (χ4n) is 4.66. The van der Waals surface area contributed by atoms with Crippen LogP contribution in [0.15, 0.2) is 46.9 Å². The standard InChI is InChI=1S/C26H28N2O4/c29-25(27-15-18-5-3-6-19(13-18)16-28-12-4-9-26(28)30)17-31-20-10-11-24-22(14-20)21-7-1-2-8-23(21)32-24/h3,5-6,10-11,13-14H,1-2,4,7-9,12,15-17H2,(H,27,29). The average molecular weight is 433 g/mol. The first-order valence-corrected chi connectivity index (χ1v) is 11.4. The fourth-order valence-corrected chi connectivity index (χ4v) is 4.66. The summed E-state index contributed by atoms with van der Waals surface area (Å²) in [5.74, 6) is 1.82. The van der Waals surface area contributed by atoms with E-state index in [1.54, 1.807) is 0 Å². The van der Waals surface area contributed by atoms with E-state index in [1.807, 2.05) is 47.4 Å². The van der Waals surface area contributed by atoms with E-state index < -0.39 is 0 Å². The zero-order chi connectivity index (χ0) is 21.9. The van der Waals surface area contributed by atoms with Crippen molar-refractivity contribution >= 4 is 22.8 Å². The van der Waals surface area contributed by atoms with Crippen LogP contribution in [0.2, 0.25) is 0 Å². The molecule has 3 aromatic rings. The van der Waals surface area contributed by atoms with Gasteiger partial charge in [0.2, 0.25) is 5.91 Å². The highest BCUT2D eigenvalue weighted by atomic mass is 16.5. The summed E-state index contributed by atoms with van der Waals surface area (Å²) >= 11 is 0. The van der Waals surface area contributed by atoms with Crippen LogP contribution in [0.25, 0.3) is 11.0 Å². The van der Waals surface area contributed by atoms with Gasteiger partial charge in [0.25, 0.3) is 5.91 Å². The first-order valence-electron chi connectivity index (χ1n) is 11.4. The summed E-state index contributed by atoms with van der Waals surface area (Å²) in [5, 5.41) is 4.02. The molecule has 0 unspecified atom stereocenters. The van der Waals surface area contributed by atoms with Gasteiger partial charge in [-0.1, -0.05) is 24.3 Å². The summed E-state index contributed by atoms with van der Waals surface area (Å²) in [5.41, 5.74) is 4.27. The summed E-state index contributed by atoms with van der Waals surface area (Å²) in [4.78, 5) is 26.1. The summed E-state index contributed by atoms with van der Waals surface area (Å²) in [7, 11) is 0. The number of likely N-dealkylation sites (tertiary alicyclic amines) is 1. The number of hydrogen-bond donors (Lipinski definition) is 1. The maximum absolute atomic E-state index is 12.3. The highest BCUT2D eigenvalue weighted by Crippen LogP contribution is 2.33. The molecule has 6 nitrogen and oxygen atoms in total. The van der Waals surface area contributed by atoms with Gasteiger partial charge >= 0.3 is 0 Å². The zero-order valence-electron chi connectivity index (χ0n) is 18.2. The molecule has 2 amide bonds. The van der Waals surface area contributed by atoms with Crippen LogP contribution in [-0.2, 0) is 35.5 Å². The molecule has 166 valence electrons. The Morgan fingerprint density at radius 1 is 1.03 bits per heavy atom. The molecule has 0 atom stereocenters. The van der Waals surface area contributed by atoms with Gasteiger partial charge in [-0.3, -0.25) is 9.59 Å². The average Bonchev–Trinajstić information content (AvgIpc) is 3.39. The Bertz CT molecular complexity index is 1150. The number of aryl methyl sites for hydroxylation is 2. The Balaban J connectivity index is 1.14. The second-order valence-corrected chi connectivity index (χ2v) is 8.67. The lowest BCUT2D eigenvalue weighted by Crippen LogP contribution is -2.28. The number of carbonyl (C=O) groups excluding carboxylic acids is 2. The molecule has 2 aliphatic rings. The Kier molecular flexibility index (Phi) is 5.84. The summed E-state index contributed by atoms with van der Waals surface area (Å²) in [6.07, 6.45) is 5.98. The van der Waals surface area contributed by atoms with E-state index in [-0.39, 0.29) is 18.4 Å². The molecular weight excluding hydrogens is 404 g/mol. The van der Waals surface area contributed by atoms with Crippen LogP contribution < -0.4 is 10.1 Å². The lowest BCUT2D eigenvalue weighted by Gasteiger charge is -2.16. The van der Waals surface area contributed by atoms with Crippen LogP contribution in [0.1, 0.15) is 48.1 Å². The minimum absolute atomic E-state index is 0.0342. The lowest BCUT2D eigenvalue weighted by molar-refractivity contribution is -0.128. The van der Waals surface area contributed by atoms with Crippen LogP contribution >= 0.6 is 0 Å². The van der Waals surface area contributed by atoms with E-state index in [9.17, 15) is 9.59 Å². The van der Waals surface area contributed by atoms with Gasteiger partial charge in [0.05, 0.1) is 0 Å². The van der Waals surface area contributed by atoms with Crippen molar-refractivity contribution in [2.24, 2.45) is 0 Å². The Morgan fingerprint density at radius 3 is 2.78 bits per heavy atom. The van der Waals surface area contributed by atoms with Crippen molar-refractivity contribution in [3.05, 3.63) is 64.9 Å². The third-order valence-corrected chi connectivity index (χ3v) is 6.32. The molecule has 32 heavy (non-hydrogen) atoms. The molecule has 1 aromatic heterocycles. The topological polar surface area (TPSA) is 71.8 Å². The number of nitrogens with zero attached hydrogens (tertiary/aromatic N) is 1. The predicted octanol–water partition coefficient (Wildman–Crippen LogP) is 4.13. The van der Waals surface area contributed by atoms with Gasteiger partial charge < -0.3 is 19.4 Å². The van der Waals surface area contributed by atoms with Crippen molar-refractivity contribution in [1.29, 1.82) is 0 Å². The van der Waals surface area contributed by atoms with Gasteiger partial charge in [0.15, 0.2) is 6.61 Å². The van der Waals surface area contributed by atoms with Crippen LogP contribution in [0.5, 0.6) is 5.75 Å². The molecule has 1 N–H and O–H groups in total. The molecule has 5 rings (SSSR count). The fraction of sp³-hybridized carbons (Fsp3) is 0.385. The maximum Gasteiger partial charge on any atom is 0.258 e. The van der Waals surface area contributed by atoms with E-state index >= 15 is 0 Å². The summed E-state index contributed by atoms with van der Waals surface area (Å²) in [6.45, 7) is 1.85. The first-order chi connectivity index (χ1) is 15.7. The molecule has 0 radical (unpaired) electrons. The van der Waals surface area contributed by atoms with Gasteiger partial charge in [0, 0.05) is 43.4 Å². The highest BCUT2D eigenvalue weighted by Gasteiger charge is 2.20. The molecule has 2 aromatic carbocycles. The smallest absolute Gasteiger partial charge is 0.258 e. The minimum atomic E-state index is -0.167. The molecule has 6 heteroatoms. The number of rotatable bonds is 7. The highest BCUT2D eigenvalue weighted by molar-refractivity contribution is 5.84. The monoisotopic (exact) mass is 432 g/mol. The largest absolute Gasteiger partial charge is 0.484 e. The molecule has 1 saturated heterocycles. The van der Waals surface area contributed by atoms with E-state index in [4.69, 9.17) is 9.15 Å². The van der Waals surface area contributed by atoms with Crippen LogP contribution in [0, 0.1) is 0 Å². The Hall–Kier alpha value is -3.28. The van der Waals surface area contributed by atoms with Gasteiger partial charge in [-0.15, -0.1) is 0 Å². The molecule has 2 heterocycles. The minimum Gasteiger partial charge on any atom is -0.484 e. The lowest BCUT2D eigenvalue weighted by atomic mass is 9.96. The summed E-state index contributed by atoms with van der Waals surface area (Å²) in [6, 6.07) is 13.8. The van der Waals surface area contributed by atoms with Gasteiger partial charge in [-0.2, -0.15) is 0 Å². The Labute approximate surface area is 187 Å². The van der Waals surface area contributed by atoms with Crippen LogP contribution in [0.4, 0.5) is 0 Å². The quantitative estimate of drug-likeness (QED) is 0.609. The van der Waals surface area contributed by atoms with Crippen molar-refractivity contribution in [1.82, 2.24) is 10.2 Å². The number of hydrogen-bond acceptors (Lipinski definition) is 4. The van der Waals surface area contributed by atoms with Crippen molar-refractivity contribution in [3.63, 3.8) is 0 Å². The third-order valence-electron chi connectivity index (χ3n) is 6.32. The molecule has 0 bridgehead atoms. The third kappa shape index (κ3) is 4.49. The molecular formula is C26H28N2O4.